The van der Waals surface area contributed by atoms with Crippen molar-refractivity contribution < 1.29 is 23.7 Å². The minimum absolute atomic E-state index is 0.0346. The van der Waals surface area contributed by atoms with Crippen LogP contribution in [0.25, 0.3) is 0 Å². The second-order valence-electron chi connectivity index (χ2n) is 2.39. The smallest absolute Gasteiger partial charge is 0.480 e. The number of carbonyl (C=O) groups excluding carboxylic acids is 1. The number of carbonyl (C=O) groups is 1. The normalized spacial score (nSPS) is 9.50. The van der Waals surface area contributed by atoms with Crippen LogP contribution in [0.2, 0.25) is 5.02 Å². The SMILES string of the molecule is COC(=O)Oc1nc(OC)nc(OC)c1Cl. The van der Waals surface area contributed by atoms with E-state index in [0.717, 1.165) is 7.11 Å². The van der Waals surface area contributed by atoms with Crippen molar-refractivity contribution >= 4 is 17.8 Å². The van der Waals surface area contributed by atoms with Gasteiger partial charge in [0, 0.05) is 0 Å². The minimum Gasteiger partial charge on any atom is -0.480 e. The molecule has 0 saturated heterocycles. The highest BCUT2D eigenvalue weighted by Gasteiger charge is 2.18. The molecule has 7 nitrogen and oxygen atoms in total. The summed E-state index contributed by atoms with van der Waals surface area (Å²) in [5, 5.41) is -0.0475. The third-order valence-corrected chi connectivity index (χ3v) is 1.82. The summed E-state index contributed by atoms with van der Waals surface area (Å²) in [5.74, 6) is -0.162. The van der Waals surface area contributed by atoms with E-state index in [9.17, 15) is 4.79 Å². The lowest BCUT2D eigenvalue weighted by molar-refractivity contribution is 0.119. The monoisotopic (exact) mass is 248 g/mol. The van der Waals surface area contributed by atoms with Crippen molar-refractivity contribution in [3.8, 4) is 17.8 Å². The molecule has 0 bridgehead atoms. The van der Waals surface area contributed by atoms with E-state index in [0.29, 0.717) is 0 Å². The highest BCUT2D eigenvalue weighted by atomic mass is 35.5. The zero-order chi connectivity index (χ0) is 12.1. The Morgan fingerprint density at radius 3 is 2.25 bits per heavy atom. The molecule has 0 aliphatic rings. The van der Waals surface area contributed by atoms with Gasteiger partial charge in [0.15, 0.2) is 5.02 Å². The molecule has 16 heavy (non-hydrogen) atoms. The molecule has 0 saturated carbocycles. The van der Waals surface area contributed by atoms with Crippen LogP contribution in [0, 0.1) is 0 Å². The third kappa shape index (κ3) is 2.63. The molecule has 0 aliphatic heterocycles. The highest BCUT2D eigenvalue weighted by Crippen LogP contribution is 2.32. The van der Waals surface area contributed by atoms with Gasteiger partial charge < -0.3 is 18.9 Å². The number of ether oxygens (including phenoxy) is 4. The largest absolute Gasteiger partial charge is 0.514 e. The second-order valence-corrected chi connectivity index (χ2v) is 2.77. The zero-order valence-electron chi connectivity index (χ0n) is 8.81. The van der Waals surface area contributed by atoms with Gasteiger partial charge in [-0.25, -0.2) is 4.79 Å². The van der Waals surface area contributed by atoms with Crippen molar-refractivity contribution in [1.82, 2.24) is 9.97 Å². The highest BCUT2D eigenvalue weighted by molar-refractivity contribution is 6.33. The van der Waals surface area contributed by atoms with E-state index in [2.05, 4.69) is 19.4 Å². The van der Waals surface area contributed by atoms with Crippen LogP contribution in [-0.2, 0) is 4.74 Å². The maximum absolute atomic E-state index is 10.9. The average Bonchev–Trinajstić information content (AvgIpc) is 2.31. The van der Waals surface area contributed by atoms with Gasteiger partial charge >= 0.3 is 12.2 Å². The van der Waals surface area contributed by atoms with Gasteiger partial charge in [0.05, 0.1) is 21.3 Å². The number of halogens is 1. The second kappa shape index (κ2) is 5.36. The lowest BCUT2D eigenvalue weighted by atomic mass is 10.6. The van der Waals surface area contributed by atoms with Gasteiger partial charge in [-0.1, -0.05) is 11.6 Å². The quantitative estimate of drug-likeness (QED) is 0.746. The predicted molar refractivity (Wildman–Crippen MR) is 53.2 cm³/mol. The summed E-state index contributed by atoms with van der Waals surface area (Å²) >= 11 is 5.80. The molecule has 0 aromatic carbocycles. The van der Waals surface area contributed by atoms with Crippen LogP contribution in [0.15, 0.2) is 0 Å². The molecule has 1 heterocycles. The molecule has 0 spiro atoms. The maximum Gasteiger partial charge on any atom is 0.514 e. The summed E-state index contributed by atoms with van der Waals surface area (Å²) in [6.07, 6.45) is -0.954. The Morgan fingerprint density at radius 2 is 1.75 bits per heavy atom. The van der Waals surface area contributed by atoms with Gasteiger partial charge in [-0.3, -0.25) is 0 Å². The Kier molecular flexibility index (Phi) is 4.12. The fourth-order valence-corrected chi connectivity index (χ4v) is 1.00. The number of nitrogens with zero attached hydrogens (tertiary/aromatic N) is 2. The Balaban J connectivity index is 3.10. The van der Waals surface area contributed by atoms with Gasteiger partial charge in [-0.15, -0.1) is 0 Å². The molecule has 0 atom stereocenters. The molecule has 1 rings (SSSR count). The van der Waals surface area contributed by atoms with Crippen molar-refractivity contribution in [3.05, 3.63) is 5.02 Å². The zero-order valence-corrected chi connectivity index (χ0v) is 9.57. The molecular formula is C8H9ClN2O5. The number of hydrogen-bond donors (Lipinski definition) is 0. The molecular weight excluding hydrogens is 240 g/mol. The summed E-state index contributed by atoms with van der Waals surface area (Å²) in [4.78, 5) is 18.4. The number of rotatable bonds is 3. The Morgan fingerprint density at radius 1 is 1.12 bits per heavy atom. The molecule has 0 aliphatic carbocycles. The number of aromatic nitrogens is 2. The van der Waals surface area contributed by atoms with E-state index in [1.54, 1.807) is 0 Å². The molecule has 0 radical (unpaired) electrons. The number of hydrogen-bond acceptors (Lipinski definition) is 7. The predicted octanol–water partition coefficient (Wildman–Crippen LogP) is 1.29. The van der Waals surface area contributed by atoms with Crippen LogP contribution in [-0.4, -0.2) is 37.5 Å². The third-order valence-electron chi connectivity index (χ3n) is 1.49. The fourth-order valence-electron chi connectivity index (χ4n) is 0.803. The molecule has 0 amide bonds. The van der Waals surface area contributed by atoms with Crippen molar-refractivity contribution in [2.75, 3.05) is 21.3 Å². The molecule has 88 valence electrons. The van der Waals surface area contributed by atoms with E-state index < -0.39 is 6.16 Å². The summed E-state index contributed by atoms with van der Waals surface area (Å²) in [5.41, 5.74) is 0. The van der Waals surface area contributed by atoms with E-state index >= 15 is 0 Å². The van der Waals surface area contributed by atoms with Gasteiger partial charge in [0.1, 0.15) is 0 Å². The van der Waals surface area contributed by atoms with Crippen LogP contribution in [0.3, 0.4) is 0 Å². The van der Waals surface area contributed by atoms with Crippen LogP contribution in [0.5, 0.6) is 17.8 Å². The van der Waals surface area contributed by atoms with E-state index in [1.807, 2.05) is 0 Å². The van der Waals surface area contributed by atoms with Crippen molar-refractivity contribution in [3.63, 3.8) is 0 Å². The van der Waals surface area contributed by atoms with Crippen LogP contribution >= 0.6 is 11.6 Å². The Labute approximate surface area is 96.2 Å². The Hall–Kier alpha value is -1.76. The lowest BCUT2D eigenvalue weighted by Crippen LogP contribution is -2.10. The van der Waals surface area contributed by atoms with Gasteiger partial charge in [-0.05, 0) is 0 Å². The fraction of sp³-hybridized carbons (Fsp3) is 0.375. The van der Waals surface area contributed by atoms with Crippen LogP contribution in [0.4, 0.5) is 4.79 Å². The van der Waals surface area contributed by atoms with Crippen molar-refractivity contribution in [2.24, 2.45) is 0 Å². The standard InChI is InChI=1S/C8H9ClN2O5/c1-13-5-4(9)6(16-8(12)15-3)11-7(10-5)14-2/h1-3H3. The summed E-state index contributed by atoms with van der Waals surface area (Å²) < 4.78 is 18.6. The summed E-state index contributed by atoms with van der Waals surface area (Å²) in [7, 11) is 3.87. The molecule has 0 unspecified atom stereocenters. The molecule has 1 aromatic heterocycles. The van der Waals surface area contributed by atoms with Crippen molar-refractivity contribution in [2.45, 2.75) is 0 Å². The average molecular weight is 249 g/mol. The number of methoxy groups -OCH3 is 3. The first-order chi connectivity index (χ1) is 7.62. The first kappa shape index (κ1) is 12.3. The van der Waals surface area contributed by atoms with Crippen LogP contribution in [0.1, 0.15) is 0 Å². The molecule has 0 fully saturated rings. The van der Waals surface area contributed by atoms with E-state index in [1.165, 1.54) is 14.2 Å². The molecule has 8 heteroatoms. The first-order valence-corrected chi connectivity index (χ1v) is 4.41. The Bertz CT molecular complexity index is 398. The van der Waals surface area contributed by atoms with Gasteiger partial charge in [0.25, 0.3) is 5.88 Å². The molecule has 1 aromatic rings. The summed E-state index contributed by atoms with van der Waals surface area (Å²) in [6, 6.07) is -0.0415. The van der Waals surface area contributed by atoms with Gasteiger partial charge in [0.2, 0.25) is 5.88 Å². The van der Waals surface area contributed by atoms with E-state index in [4.69, 9.17) is 21.1 Å². The van der Waals surface area contributed by atoms with Crippen LogP contribution < -0.4 is 14.2 Å². The molecule has 0 N–H and O–H groups in total. The van der Waals surface area contributed by atoms with E-state index in [-0.39, 0.29) is 22.8 Å². The summed E-state index contributed by atoms with van der Waals surface area (Å²) in [6.45, 7) is 0. The maximum atomic E-state index is 10.9. The topological polar surface area (TPSA) is 79.8 Å². The first-order valence-electron chi connectivity index (χ1n) is 4.03. The minimum atomic E-state index is -0.954. The lowest BCUT2D eigenvalue weighted by Gasteiger charge is -2.08. The van der Waals surface area contributed by atoms with Gasteiger partial charge in [-0.2, -0.15) is 9.97 Å². The van der Waals surface area contributed by atoms with Crippen molar-refractivity contribution in [1.29, 1.82) is 0 Å².